The van der Waals surface area contributed by atoms with Gasteiger partial charge in [-0.15, -0.1) is 0 Å². The third kappa shape index (κ3) is 4.62. The number of methoxy groups -OCH3 is 1. The zero-order chi connectivity index (χ0) is 18.5. The van der Waals surface area contributed by atoms with E-state index in [-0.39, 0.29) is 11.5 Å². The predicted octanol–water partition coefficient (Wildman–Crippen LogP) is 1.71. The first-order valence-corrected chi connectivity index (χ1v) is 8.73. The van der Waals surface area contributed by atoms with E-state index in [2.05, 4.69) is 10.4 Å². The van der Waals surface area contributed by atoms with Gasteiger partial charge in [-0.2, -0.15) is 5.10 Å². The molecule has 0 spiro atoms. The van der Waals surface area contributed by atoms with Crippen molar-refractivity contribution in [1.82, 2.24) is 15.1 Å². The molecule has 138 valence electrons. The van der Waals surface area contributed by atoms with E-state index in [0.29, 0.717) is 24.8 Å². The maximum absolute atomic E-state index is 12.2. The lowest BCUT2D eigenvalue weighted by molar-refractivity contribution is -0.127. The van der Waals surface area contributed by atoms with E-state index < -0.39 is 6.10 Å². The van der Waals surface area contributed by atoms with Gasteiger partial charge in [0.05, 0.1) is 19.3 Å². The van der Waals surface area contributed by atoms with Crippen molar-refractivity contribution in [2.24, 2.45) is 0 Å². The molecule has 1 aromatic heterocycles. The summed E-state index contributed by atoms with van der Waals surface area (Å²) in [4.78, 5) is 24.0. The second-order valence-corrected chi connectivity index (χ2v) is 6.32. The average Bonchev–Trinajstić information content (AvgIpc) is 3.49. The SMILES string of the molecule is COc1ccc(OC(C)C(=O)NCCn2nc(C3CC3)ccc2=O)cc1. The van der Waals surface area contributed by atoms with E-state index in [4.69, 9.17) is 9.47 Å². The predicted molar refractivity (Wildman–Crippen MR) is 96.6 cm³/mol. The Morgan fingerprint density at radius 3 is 2.58 bits per heavy atom. The second-order valence-electron chi connectivity index (χ2n) is 6.32. The van der Waals surface area contributed by atoms with Crippen LogP contribution in [0.1, 0.15) is 31.4 Å². The highest BCUT2D eigenvalue weighted by Gasteiger charge is 2.25. The van der Waals surface area contributed by atoms with Crippen LogP contribution in [-0.4, -0.2) is 35.4 Å². The van der Waals surface area contributed by atoms with Crippen LogP contribution in [0.3, 0.4) is 0 Å². The summed E-state index contributed by atoms with van der Waals surface area (Å²) in [5.74, 6) is 1.55. The molecule has 0 aliphatic heterocycles. The molecule has 26 heavy (non-hydrogen) atoms. The second kappa shape index (κ2) is 8.03. The summed E-state index contributed by atoms with van der Waals surface area (Å²) in [6.07, 6.45) is 1.61. The molecular weight excluding hydrogens is 334 g/mol. The molecule has 1 amide bonds. The number of carbonyl (C=O) groups excluding carboxylic acids is 1. The van der Waals surface area contributed by atoms with Crippen molar-refractivity contribution in [3.63, 3.8) is 0 Å². The van der Waals surface area contributed by atoms with Crippen molar-refractivity contribution < 1.29 is 14.3 Å². The van der Waals surface area contributed by atoms with Gasteiger partial charge in [-0.3, -0.25) is 9.59 Å². The lowest BCUT2D eigenvalue weighted by Gasteiger charge is -2.15. The number of hydrogen-bond donors (Lipinski definition) is 1. The van der Waals surface area contributed by atoms with Crippen LogP contribution in [0.2, 0.25) is 0 Å². The van der Waals surface area contributed by atoms with Crippen LogP contribution in [0, 0.1) is 0 Å². The zero-order valence-electron chi connectivity index (χ0n) is 15.0. The minimum atomic E-state index is -0.647. The Balaban J connectivity index is 1.48. The molecule has 0 radical (unpaired) electrons. The van der Waals surface area contributed by atoms with Gasteiger partial charge in [0.2, 0.25) is 0 Å². The van der Waals surface area contributed by atoms with Crippen LogP contribution in [0.25, 0.3) is 0 Å². The summed E-state index contributed by atoms with van der Waals surface area (Å²) < 4.78 is 12.1. The highest BCUT2D eigenvalue weighted by atomic mass is 16.5. The van der Waals surface area contributed by atoms with Crippen LogP contribution in [-0.2, 0) is 11.3 Å². The van der Waals surface area contributed by atoms with Crippen molar-refractivity contribution >= 4 is 5.91 Å². The van der Waals surface area contributed by atoms with Gasteiger partial charge in [0, 0.05) is 18.5 Å². The maximum Gasteiger partial charge on any atom is 0.266 e. The van der Waals surface area contributed by atoms with Gasteiger partial charge in [-0.1, -0.05) is 0 Å². The van der Waals surface area contributed by atoms with Gasteiger partial charge in [-0.05, 0) is 50.1 Å². The van der Waals surface area contributed by atoms with Crippen molar-refractivity contribution in [1.29, 1.82) is 0 Å². The lowest BCUT2D eigenvalue weighted by atomic mass is 10.3. The number of amides is 1. The van der Waals surface area contributed by atoms with Crippen molar-refractivity contribution in [2.45, 2.75) is 38.3 Å². The van der Waals surface area contributed by atoms with Crippen LogP contribution >= 0.6 is 0 Å². The number of rotatable bonds is 8. The minimum Gasteiger partial charge on any atom is -0.497 e. The molecule has 0 bridgehead atoms. The van der Waals surface area contributed by atoms with Gasteiger partial charge < -0.3 is 14.8 Å². The van der Waals surface area contributed by atoms with Crippen LogP contribution in [0.4, 0.5) is 0 Å². The Bertz CT molecular complexity index is 812. The molecule has 1 aliphatic rings. The standard InChI is InChI=1S/C19H23N3O4/c1-13(26-16-7-5-15(25-2)6-8-16)19(24)20-11-12-22-18(23)10-9-17(21-22)14-3-4-14/h5-10,13-14H,3-4,11-12H2,1-2H3,(H,20,24). The number of ether oxygens (including phenoxy) is 2. The summed E-state index contributed by atoms with van der Waals surface area (Å²) in [7, 11) is 1.59. The topological polar surface area (TPSA) is 82.4 Å². The van der Waals surface area contributed by atoms with E-state index >= 15 is 0 Å². The first-order valence-electron chi connectivity index (χ1n) is 8.73. The number of nitrogens with zero attached hydrogens (tertiary/aromatic N) is 2. The number of aromatic nitrogens is 2. The molecule has 7 heteroatoms. The number of benzene rings is 1. The van der Waals surface area contributed by atoms with Gasteiger partial charge in [0.1, 0.15) is 11.5 Å². The molecule has 1 aromatic carbocycles. The van der Waals surface area contributed by atoms with E-state index in [9.17, 15) is 9.59 Å². The van der Waals surface area contributed by atoms with E-state index in [1.165, 1.54) is 10.7 Å². The Morgan fingerprint density at radius 2 is 1.92 bits per heavy atom. The van der Waals surface area contributed by atoms with Gasteiger partial charge in [0.15, 0.2) is 6.10 Å². The molecule has 1 saturated carbocycles. The zero-order valence-corrected chi connectivity index (χ0v) is 15.0. The summed E-state index contributed by atoms with van der Waals surface area (Å²) >= 11 is 0. The highest BCUT2D eigenvalue weighted by Crippen LogP contribution is 2.38. The normalized spacial score (nSPS) is 14.5. The largest absolute Gasteiger partial charge is 0.497 e. The van der Waals surface area contributed by atoms with E-state index in [1.807, 2.05) is 0 Å². The smallest absolute Gasteiger partial charge is 0.266 e. The number of hydrogen-bond acceptors (Lipinski definition) is 5. The Morgan fingerprint density at radius 1 is 1.23 bits per heavy atom. The molecule has 1 unspecified atom stereocenters. The highest BCUT2D eigenvalue weighted by molar-refractivity contribution is 5.80. The number of nitrogens with one attached hydrogen (secondary N) is 1. The third-order valence-corrected chi connectivity index (χ3v) is 4.25. The van der Waals surface area contributed by atoms with E-state index in [1.54, 1.807) is 44.4 Å². The van der Waals surface area contributed by atoms with Gasteiger partial charge in [-0.25, -0.2) is 4.68 Å². The third-order valence-electron chi connectivity index (χ3n) is 4.25. The molecule has 1 atom stereocenters. The fourth-order valence-electron chi connectivity index (χ4n) is 2.56. The molecule has 2 aromatic rings. The van der Waals surface area contributed by atoms with Crippen molar-refractivity contribution in [2.75, 3.05) is 13.7 Å². The lowest BCUT2D eigenvalue weighted by Crippen LogP contribution is -2.39. The molecule has 7 nitrogen and oxygen atoms in total. The molecule has 0 saturated heterocycles. The minimum absolute atomic E-state index is 0.161. The Labute approximate surface area is 151 Å². The van der Waals surface area contributed by atoms with Crippen LogP contribution < -0.4 is 20.3 Å². The summed E-state index contributed by atoms with van der Waals surface area (Å²) in [6.45, 7) is 2.33. The van der Waals surface area contributed by atoms with Gasteiger partial charge in [0.25, 0.3) is 11.5 Å². The monoisotopic (exact) mass is 357 g/mol. The summed E-state index contributed by atoms with van der Waals surface area (Å²) in [6, 6.07) is 10.4. The quantitative estimate of drug-likeness (QED) is 0.778. The fourth-order valence-corrected chi connectivity index (χ4v) is 2.56. The summed E-state index contributed by atoms with van der Waals surface area (Å²) in [5, 5.41) is 7.15. The maximum atomic E-state index is 12.2. The molecule has 1 N–H and O–H groups in total. The molecule has 1 heterocycles. The Hall–Kier alpha value is -2.83. The first kappa shape index (κ1) is 18.0. The molecule has 3 rings (SSSR count). The van der Waals surface area contributed by atoms with E-state index in [0.717, 1.165) is 24.3 Å². The molecule has 1 aliphatic carbocycles. The van der Waals surface area contributed by atoms with Gasteiger partial charge >= 0.3 is 0 Å². The average molecular weight is 357 g/mol. The molecule has 1 fully saturated rings. The number of carbonyl (C=O) groups is 1. The van der Waals surface area contributed by atoms with Crippen molar-refractivity contribution in [3.05, 3.63) is 52.4 Å². The molecular formula is C19H23N3O4. The summed E-state index contributed by atoms with van der Waals surface area (Å²) in [5.41, 5.74) is 0.790. The van der Waals surface area contributed by atoms with Crippen molar-refractivity contribution in [3.8, 4) is 11.5 Å². The van der Waals surface area contributed by atoms with Crippen LogP contribution in [0.5, 0.6) is 11.5 Å². The fraction of sp³-hybridized carbons (Fsp3) is 0.421. The Kier molecular flexibility index (Phi) is 5.55. The van der Waals surface area contributed by atoms with Crippen LogP contribution in [0.15, 0.2) is 41.2 Å². The first-order chi connectivity index (χ1) is 12.6.